The molecule has 0 unspecified atom stereocenters. The fraction of sp³-hybridized carbons (Fsp3) is 0.500. The van der Waals surface area contributed by atoms with Crippen molar-refractivity contribution in [2.45, 2.75) is 32.5 Å². The maximum atomic E-state index is 13.5. The molecule has 1 aliphatic heterocycles. The minimum absolute atomic E-state index is 0.0226. The normalized spacial score (nSPS) is 21.1. The van der Waals surface area contributed by atoms with E-state index in [1.165, 1.54) is 0 Å². The van der Waals surface area contributed by atoms with Crippen molar-refractivity contribution in [1.29, 1.82) is 0 Å². The topological polar surface area (TPSA) is 58.6 Å². The summed E-state index contributed by atoms with van der Waals surface area (Å²) >= 11 is 0. The molecular formula is C16H20F2N2O3. The van der Waals surface area contributed by atoms with Gasteiger partial charge in [-0.1, -0.05) is 0 Å². The third-order valence-corrected chi connectivity index (χ3v) is 3.57. The van der Waals surface area contributed by atoms with E-state index < -0.39 is 17.5 Å². The zero-order valence-corrected chi connectivity index (χ0v) is 13.1. The van der Waals surface area contributed by atoms with Gasteiger partial charge in [0.1, 0.15) is 11.6 Å². The van der Waals surface area contributed by atoms with Gasteiger partial charge in [0, 0.05) is 32.1 Å². The van der Waals surface area contributed by atoms with Crippen LogP contribution in [0, 0.1) is 11.6 Å². The first-order chi connectivity index (χ1) is 10.9. The molecule has 7 heteroatoms. The summed E-state index contributed by atoms with van der Waals surface area (Å²) in [5, 5.41) is 2.47. The molecule has 0 bridgehead atoms. The number of halogens is 2. The Morgan fingerprint density at radius 2 is 1.91 bits per heavy atom. The molecule has 0 radical (unpaired) electrons. The molecule has 1 fully saturated rings. The number of benzene rings is 1. The van der Waals surface area contributed by atoms with Gasteiger partial charge in [-0.15, -0.1) is 0 Å². The van der Waals surface area contributed by atoms with Crippen molar-refractivity contribution in [1.82, 2.24) is 10.2 Å². The second-order valence-corrected chi connectivity index (χ2v) is 5.69. The molecule has 1 aliphatic rings. The lowest BCUT2D eigenvalue weighted by atomic mass is 10.2. The van der Waals surface area contributed by atoms with Crippen LogP contribution in [0.3, 0.4) is 0 Å². The van der Waals surface area contributed by atoms with Crippen LogP contribution in [0.4, 0.5) is 8.78 Å². The lowest BCUT2D eigenvalue weighted by Gasteiger charge is -2.35. The van der Waals surface area contributed by atoms with Gasteiger partial charge in [-0.3, -0.25) is 9.59 Å². The molecule has 1 aromatic carbocycles. The number of nitrogens with one attached hydrogen (secondary N) is 1. The molecule has 0 aromatic heterocycles. The van der Waals surface area contributed by atoms with Crippen molar-refractivity contribution in [2.75, 3.05) is 19.6 Å². The first kappa shape index (κ1) is 17.3. The molecule has 23 heavy (non-hydrogen) atoms. The highest BCUT2D eigenvalue weighted by molar-refractivity contribution is 5.94. The summed E-state index contributed by atoms with van der Waals surface area (Å²) in [6.45, 7) is 4.92. The van der Waals surface area contributed by atoms with Crippen LogP contribution in [0.2, 0.25) is 0 Å². The predicted molar refractivity (Wildman–Crippen MR) is 79.9 cm³/mol. The van der Waals surface area contributed by atoms with Gasteiger partial charge in [-0.05, 0) is 26.0 Å². The van der Waals surface area contributed by atoms with Gasteiger partial charge in [-0.2, -0.15) is 0 Å². The highest BCUT2D eigenvalue weighted by atomic mass is 19.1. The lowest BCUT2D eigenvalue weighted by molar-refractivity contribution is -0.143. The van der Waals surface area contributed by atoms with Crippen LogP contribution in [-0.2, 0) is 9.53 Å². The van der Waals surface area contributed by atoms with Gasteiger partial charge >= 0.3 is 0 Å². The van der Waals surface area contributed by atoms with Crippen molar-refractivity contribution in [3.8, 4) is 0 Å². The Kier molecular flexibility index (Phi) is 5.65. The molecule has 0 saturated carbocycles. The molecule has 2 atom stereocenters. The molecule has 1 saturated heterocycles. The SMILES string of the molecule is C[C@@H]1CN(C(=O)CCNC(=O)c2ccc(F)cc2F)C[C@H](C)O1. The molecule has 2 amide bonds. The molecule has 5 nitrogen and oxygen atoms in total. The molecule has 0 spiro atoms. The number of nitrogens with zero attached hydrogens (tertiary/aromatic N) is 1. The van der Waals surface area contributed by atoms with Crippen LogP contribution in [0.1, 0.15) is 30.6 Å². The molecule has 2 rings (SSSR count). The Morgan fingerprint density at radius 1 is 1.26 bits per heavy atom. The molecular weight excluding hydrogens is 306 g/mol. The Labute approximate surface area is 133 Å². The zero-order valence-electron chi connectivity index (χ0n) is 13.1. The lowest BCUT2D eigenvalue weighted by Crippen LogP contribution is -2.48. The summed E-state index contributed by atoms with van der Waals surface area (Å²) in [5.41, 5.74) is -0.243. The van der Waals surface area contributed by atoms with E-state index in [1.807, 2.05) is 13.8 Å². The average molecular weight is 326 g/mol. The highest BCUT2D eigenvalue weighted by Crippen LogP contribution is 2.12. The average Bonchev–Trinajstić information content (AvgIpc) is 2.45. The fourth-order valence-corrected chi connectivity index (χ4v) is 2.59. The maximum absolute atomic E-state index is 13.5. The number of morpholine rings is 1. The fourth-order valence-electron chi connectivity index (χ4n) is 2.59. The van der Waals surface area contributed by atoms with E-state index >= 15 is 0 Å². The van der Waals surface area contributed by atoms with Gasteiger partial charge in [-0.25, -0.2) is 8.78 Å². The van der Waals surface area contributed by atoms with E-state index in [2.05, 4.69) is 5.32 Å². The van der Waals surface area contributed by atoms with E-state index in [4.69, 9.17) is 4.74 Å². The first-order valence-corrected chi connectivity index (χ1v) is 7.53. The minimum atomic E-state index is -0.926. The van der Waals surface area contributed by atoms with Crippen molar-refractivity contribution >= 4 is 11.8 Å². The smallest absolute Gasteiger partial charge is 0.254 e. The van der Waals surface area contributed by atoms with Crippen LogP contribution in [-0.4, -0.2) is 48.6 Å². The van der Waals surface area contributed by atoms with Crippen molar-refractivity contribution in [2.24, 2.45) is 0 Å². The van der Waals surface area contributed by atoms with Crippen LogP contribution in [0.25, 0.3) is 0 Å². The van der Waals surface area contributed by atoms with E-state index in [0.29, 0.717) is 19.2 Å². The molecule has 1 N–H and O–H groups in total. The third kappa shape index (κ3) is 4.72. The summed E-state index contributed by atoms with van der Waals surface area (Å²) in [6, 6.07) is 2.74. The number of carbonyl (C=O) groups is 2. The number of hydrogen-bond donors (Lipinski definition) is 1. The zero-order chi connectivity index (χ0) is 17.0. The van der Waals surface area contributed by atoms with Gasteiger partial charge in [0.25, 0.3) is 5.91 Å². The van der Waals surface area contributed by atoms with Crippen LogP contribution < -0.4 is 5.32 Å². The van der Waals surface area contributed by atoms with Crippen molar-refractivity contribution < 1.29 is 23.1 Å². The standard InChI is InChI=1S/C16H20F2N2O3/c1-10-8-20(9-11(2)23-10)15(21)5-6-19-16(22)13-4-3-12(17)7-14(13)18/h3-4,7,10-11H,5-6,8-9H2,1-2H3,(H,19,22)/t10-,11+. The van der Waals surface area contributed by atoms with E-state index in [9.17, 15) is 18.4 Å². The Bertz CT molecular complexity index is 585. The quantitative estimate of drug-likeness (QED) is 0.916. The maximum Gasteiger partial charge on any atom is 0.254 e. The molecule has 126 valence electrons. The van der Waals surface area contributed by atoms with E-state index in [0.717, 1.165) is 12.1 Å². The number of carbonyl (C=O) groups excluding carboxylic acids is 2. The number of ether oxygens (including phenoxy) is 1. The van der Waals surface area contributed by atoms with Gasteiger partial charge in [0.05, 0.1) is 17.8 Å². The summed E-state index contributed by atoms with van der Waals surface area (Å²) in [7, 11) is 0. The Morgan fingerprint density at radius 3 is 2.52 bits per heavy atom. The third-order valence-electron chi connectivity index (χ3n) is 3.57. The van der Waals surface area contributed by atoms with Crippen LogP contribution in [0.15, 0.2) is 18.2 Å². The summed E-state index contributed by atoms with van der Waals surface area (Å²) in [5.74, 6) is -2.43. The van der Waals surface area contributed by atoms with Crippen molar-refractivity contribution in [3.05, 3.63) is 35.4 Å². The van der Waals surface area contributed by atoms with Gasteiger partial charge in [0.2, 0.25) is 5.91 Å². The molecule has 1 heterocycles. The van der Waals surface area contributed by atoms with Crippen LogP contribution >= 0.6 is 0 Å². The molecule has 1 aromatic rings. The second kappa shape index (κ2) is 7.50. The minimum Gasteiger partial charge on any atom is -0.372 e. The van der Waals surface area contributed by atoms with Gasteiger partial charge < -0.3 is 15.0 Å². The largest absolute Gasteiger partial charge is 0.372 e. The number of hydrogen-bond acceptors (Lipinski definition) is 3. The van der Waals surface area contributed by atoms with Crippen molar-refractivity contribution in [3.63, 3.8) is 0 Å². The first-order valence-electron chi connectivity index (χ1n) is 7.53. The van der Waals surface area contributed by atoms with Crippen LogP contribution in [0.5, 0.6) is 0 Å². The Hall–Kier alpha value is -2.02. The highest BCUT2D eigenvalue weighted by Gasteiger charge is 2.25. The summed E-state index contributed by atoms with van der Waals surface area (Å²) in [6.07, 6.45) is 0.0739. The second-order valence-electron chi connectivity index (χ2n) is 5.69. The Balaban J connectivity index is 1.82. The molecule has 0 aliphatic carbocycles. The predicted octanol–water partition coefficient (Wildman–Crippen LogP) is 1.72. The van der Waals surface area contributed by atoms with E-state index in [-0.39, 0.29) is 36.6 Å². The number of amides is 2. The monoisotopic (exact) mass is 326 g/mol. The summed E-state index contributed by atoms with van der Waals surface area (Å²) in [4.78, 5) is 25.6. The number of rotatable bonds is 4. The summed E-state index contributed by atoms with van der Waals surface area (Å²) < 4.78 is 31.8. The van der Waals surface area contributed by atoms with E-state index in [1.54, 1.807) is 4.90 Å². The van der Waals surface area contributed by atoms with Gasteiger partial charge in [0.15, 0.2) is 0 Å².